The number of aliphatic carboxylic acids is 1. The molecule has 0 aromatic heterocycles. The summed E-state index contributed by atoms with van der Waals surface area (Å²) in [5.74, 6) is -2.04. The van der Waals surface area contributed by atoms with Crippen LogP contribution < -0.4 is 10.6 Å². The fourth-order valence-electron chi connectivity index (χ4n) is 3.59. The van der Waals surface area contributed by atoms with Crippen LogP contribution in [-0.2, 0) is 21.5 Å². The van der Waals surface area contributed by atoms with Crippen LogP contribution in [0.25, 0.3) is 6.08 Å². The minimum atomic E-state index is -4.56. The second-order valence-electron chi connectivity index (χ2n) is 9.27. The zero-order valence-corrected chi connectivity index (χ0v) is 22.7. The van der Waals surface area contributed by atoms with Gasteiger partial charge in [-0.05, 0) is 52.9 Å². The van der Waals surface area contributed by atoms with E-state index in [9.17, 15) is 32.7 Å². The largest absolute Gasteiger partial charge is 0.480 e. The van der Waals surface area contributed by atoms with E-state index in [1.54, 1.807) is 12.1 Å². The van der Waals surface area contributed by atoms with E-state index in [4.69, 9.17) is 0 Å². The maximum absolute atomic E-state index is 13.2. The summed E-state index contributed by atoms with van der Waals surface area (Å²) in [7, 11) is 0. The number of amides is 2. The van der Waals surface area contributed by atoms with Crippen LogP contribution in [0, 0.1) is 0 Å². The Morgan fingerprint density at radius 1 is 0.925 bits per heavy atom. The number of halogens is 3. The Kier molecular flexibility index (Phi) is 10.6. The summed E-state index contributed by atoms with van der Waals surface area (Å²) in [5, 5.41) is 14.6. The normalized spacial score (nSPS) is 12.6. The Bertz CT molecular complexity index is 1340. The Morgan fingerprint density at radius 2 is 1.55 bits per heavy atom. The molecule has 2 amide bonds. The van der Waals surface area contributed by atoms with Gasteiger partial charge in [-0.15, -0.1) is 0 Å². The Balaban J connectivity index is 1.80. The van der Waals surface area contributed by atoms with Crippen LogP contribution in [0.15, 0.2) is 84.6 Å². The summed E-state index contributed by atoms with van der Waals surface area (Å²) < 4.78 is 38.7. The van der Waals surface area contributed by atoms with Crippen molar-refractivity contribution in [2.75, 3.05) is 5.75 Å². The van der Waals surface area contributed by atoms with E-state index in [-0.39, 0.29) is 22.9 Å². The Labute approximate surface area is 234 Å². The molecule has 3 aromatic rings. The van der Waals surface area contributed by atoms with Gasteiger partial charge in [-0.25, -0.2) is 4.79 Å². The maximum atomic E-state index is 13.2. The highest BCUT2D eigenvalue weighted by atomic mass is 32.2. The number of alkyl halides is 3. The minimum absolute atomic E-state index is 0.0686. The first-order valence-corrected chi connectivity index (χ1v) is 13.5. The molecule has 0 fully saturated rings. The lowest BCUT2D eigenvalue weighted by molar-refractivity contribution is -0.140. The van der Waals surface area contributed by atoms with Crippen molar-refractivity contribution in [1.29, 1.82) is 0 Å². The van der Waals surface area contributed by atoms with Crippen LogP contribution in [0.2, 0.25) is 0 Å². The molecule has 0 aliphatic heterocycles. The van der Waals surface area contributed by atoms with Crippen LogP contribution in [0.5, 0.6) is 0 Å². The predicted molar refractivity (Wildman–Crippen MR) is 150 cm³/mol. The van der Waals surface area contributed by atoms with Gasteiger partial charge in [0.05, 0.1) is 5.56 Å². The van der Waals surface area contributed by atoms with Crippen LogP contribution in [0.3, 0.4) is 0 Å². The zero-order chi connectivity index (χ0) is 29.3. The van der Waals surface area contributed by atoms with Crippen molar-refractivity contribution in [2.24, 2.45) is 0 Å². The monoisotopic (exact) mass is 570 g/mol. The molecule has 10 heteroatoms. The lowest BCUT2D eigenvalue weighted by Crippen LogP contribution is -2.45. The summed E-state index contributed by atoms with van der Waals surface area (Å²) in [4.78, 5) is 38.0. The first-order valence-electron chi connectivity index (χ1n) is 12.4. The quantitative estimate of drug-likeness (QED) is 0.242. The summed E-state index contributed by atoms with van der Waals surface area (Å²) in [6, 6.07) is 19.0. The van der Waals surface area contributed by atoms with Crippen LogP contribution >= 0.6 is 11.8 Å². The number of nitrogens with one attached hydrogen (secondary N) is 2. The number of thioether (sulfide) groups is 1. The van der Waals surface area contributed by atoms with Gasteiger partial charge in [0.25, 0.3) is 11.8 Å². The lowest BCUT2D eigenvalue weighted by Gasteiger charge is -2.17. The summed E-state index contributed by atoms with van der Waals surface area (Å²) in [6.07, 6.45) is -3.18. The molecular formula is C30H29F3N2O4S. The molecular weight excluding hydrogens is 541 g/mol. The highest BCUT2D eigenvalue weighted by Crippen LogP contribution is 2.29. The topological polar surface area (TPSA) is 95.5 Å². The SMILES string of the molecule is CC(C)c1ccc(C=C(NC(=O)c2ccc(C(F)(F)F)cc2)C(=O)NC(CSCc2ccccc2)C(=O)O)cc1. The van der Waals surface area contributed by atoms with Gasteiger partial charge in [0, 0.05) is 17.1 Å². The molecule has 210 valence electrons. The van der Waals surface area contributed by atoms with Crippen molar-refractivity contribution in [2.45, 2.75) is 37.7 Å². The molecule has 0 aliphatic rings. The van der Waals surface area contributed by atoms with Crippen LogP contribution in [0.1, 0.15) is 52.4 Å². The average molecular weight is 571 g/mol. The van der Waals surface area contributed by atoms with Gasteiger partial charge in [0.15, 0.2) is 0 Å². The smallest absolute Gasteiger partial charge is 0.416 e. The molecule has 1 unspecified atom stereocenters. The van der Waals surface area contributed by atoms with Crippen molar-refractivity contribution < 1.29 is 32.7 Å². The molecule has 0 aliphatic carbocycles. The van der Waals surface area contributed by atoms with Crippen molar-refractivity contribution in [3.63, 3.8) is 0 Å². The van der Waals surface area contributed by atoms with Crippen molar-refractivity contribution in [1.82, 2.24) is 10.6 Å². The molecule has 1 atom stereocenters. The molecule has 3 aromatic carbocycles. The highest BCUT2D eigenvalue weighted by Gasteiger charge is 2.30. The maximum Gasteiger partial charge on any atom is 0.416 e. The van der Waals surface area contributed by atoms with Gasteiger partial charge >= 0.3 is 12.1 Å². The number of carboxylic acid groups (broad SMARTS) is 1. The van der Waals surface area contributed by atoms with Gasteiger partial charge in [-0.3, -0.25) is 9.59 Å². The van der Waals surface area contributed by atoms with Crippen LogP contribution in [0.4, 0.5) is 13.2 Å². The number of carboxylic acids is 1. The fraction of sp³-hybridized carbons (Fsp3) is 0.233. The Hall–Kier alpha value is -4.05. The summed E-state index contributed by atoms with van der Waals surface area (Å²) >= 11 is 1.32. The third-order valence-corrected chi connectivity index (χ3v) is 6.99. The van der Waals surface area contributed by atoms with Gasteiger partial charge < -0.3 is 15.7 Å². The predicted octanol–water partition coefficient (Wildman–Crippen LogP) is 6.10. The first kappa shape index (κ1) is 30.5. The standard InChI is InChI=1S/C30H29F3N2O4S/c1-19(2)22-10-8-20(9-11-22)16-25(34-27(36)23-12-14-24(15-13-23)30(31,32)33)28(37)35-26(29(38)39)18-40-17-21-6-4-3-5-7-21/h3-16,19,26H,17-18H2,1-2H3,(H,34,36)(H,35,37)(H,38,39). The number of hydrogen-bond donors (Lipinski definition) is 3. The van der Waals surface area contributed by atoms with E-state index in [2.05, 4.69) is 10.6 Å². The highest BCUT2D eigenvalue weighted by molar-refractivity contribution is 7.98. The molecule has 0 saturated carbocycles. The van der Waals surface area contributed by atoms with Gasteiger partial charge in [0.2, 0.25) is 0 Å². The first-order chi connectivity index (χ1) is 18.9. The second kappa shape index (κ2) is 13.8. The van der Waals surface area contributed by atoms with Gasteiger partial charge in [-0.2, -0.15) is 24.9 Å². The second-order valence-corrected chi connectivity index (χ2v) is 10.3. The number of carbonyl (C=O) groups is 3. The van der Waals surface area contributed by atoms with E-state index >= 15 is 0 Å². The van der Waals surface area contributed by atoms with Crippen molar-refractivity contribution in [3.8, 4) is 0 Å². The third-order valence-electron chi connectivity index (χ3n) is 5.88. The zero-order valence-electron chi connectivity index (χ0n) is 21.9. The lowest BCUT2D eigenvalue weighted by atomic mass is 10.0. The molecule has 0 heterocycles. The van der Waals surface area contributed by atoms with E-state index < -0.39 is 35.6 Å². The number of carbonyl (C=O) groups excluding carboxylic acids is 2. The van der Waals surface area contributed by atoms with Crippen molar-refractivity contribution >= 4 is 35.6 Å². The fourth-order valence-corrected chi connectivity index (χ4v) is 4.59. The van der Waals surface area contributed by atoms with Gasteiger partial charge in [0.1, 0.15) is 11.7 Å². The van der Waals surface area contributed by atoms with E-state index in [1.807, 2.05) is 56.3 Å². The molecule has 0 bridgehead atoms. The molecule has 0 spiro atoms. The molecule has 40 heavy (non-hydrogen) atoms. The van der Waals surface area contributed by atoms with E-state index in [0.717, 1.165) is 35.4 Å². The van der Waals surface area contributed by atoms with E-state index in [1.165, 1.54) is 17.8 Å². The molecule has 6 nitrogen and oxygen atoms in total. The van der Waals surface area contributed by atoms with E-state index in [0.29, 0.717) is 11.3 Å². The summed E-state index contributed by atoms with van der Waals surface area (Å²) in [6.45, 7) is 4.05. The molecule has 0 radical (unpaired) electrons. The minimum Gasteiger partial charge on any atom is -0.480 e. The van der Waals surface area contributed by atoms with Gasteiger partial charge in [-0.1, -0.05) is 68.4 Å². The van der Waals surface area contributed by atoms with Crippen LogP contribution in [-0.4, -0.2) is 34.7 Å². The number of benzene rings is 3. The van der Waals surface area contributed by atoms with Crippen molar-refractivity contribution in [3.05, 3.63) is 112 Å². The molecule has 0 saturated heterocycles. The molecule has 3 N–H and O–H groups in total. The Morgan fingerprint density at radius 3 is 2.10 bits per heavy atom. The average Bonchev–Trinajstić information content (AvgIpc) is 2.92. The molecule has 3 rings (SSSR count). The number of rotatable bonds is 11. The number of hydrogen-bond acceptors (Lipinski definition) is 4. The summed E-state index contributed by atoms with van der Waals surface area (Å²) in [5.41, 5.74) is 1.35. The third kappa shape index (κ3) is 9.01.